The van der Waals surface area contributed by atoms with E-state index in [4.69, 9.17) is 0 Å². The zero-order valence-electron chi connectivity index (χ0n) is 16.3. The van der Waals surface area contributed by atoms with E-state index < -0.39 is 0 Å². The van der Waals surface area contributed by atoms with Gasteiger partial charge in [-0.3, -0.25) is 9.78 Å². The van der Waals surface area contributed by atoms with Crippen LogP contribution >= 0.6 is 0 Å². The number of hydrogen-bond donors (Lipinski definition) is 1. The molecule has 2 aliphatic rings. The highest BCUT2D eigenvalue weighted by Crippen LogP contribution is 2.33. The number of aromatic amines is 1. The Balaban J connectivity index is 1.51. The first-order valence-electron chi connectivity index (χ1n) is 10.7. The van der Waals surface area contributed by atoms with Gasteiger partial charge in [-0.1, -0.05) is 12.8 Å². The Morgan fingerprint density at radius 3 is 2.75 bits per heavy atom. The third kappa shape index (κ3) is 3.11. The van der Waals surface area contributed by atoms with Crippen molar-refractivity contribution in [3.8, 4) is 0 Å². The molecule has 4 heteroatoms. The van der Waals surface area contributed by atoms with Crippen molar-refractivity contribution in [2.24, 2.45) is 0 Å². The molecular formula is C24H27N3O. The van der Waals surface area contributed by atoms with E-state index >= 15 is 0 Å². The molecule has 3 aromatic rings. The van der Waals surface area contributed by atoms with Crippen LogP contribution in [0.4, 0.5) is 0 Å². The molecule has 0 radical (unpaired) electrons. The molecule has 4 nitrogen and oxygen atoms in total. The fourth-order valence-electron chi connectivity index (χ4n) is 4.99. The summed E-state index contributed by atoms with van der Waals surface area (Å²) in [5.74, 6) is 0.163. The van der Waals surface area contributed by atoms with Gasteiger partial charge in [-0.05, 0) is 80.0 Å². The Labute approximate surface area is 166 Å². The summed E-state index contributed by atoms with van der Waals surface area (Å²) in [6.07, 6.45) is 12.9. The van der Waals surface area contributed by atoms with E-state index in [-0.39, 0.29) is 11.9 Å². The van der Waals surface area contributed by atoms with Gasteiger partial charge in [0.1, 0.15) is 0 Å². The summed E-state index contributed by atoms with van der Waals surface area (Å²) >= 11 is 0. The highest BCUT2D eigenvalue weighted by atomic mass is 16.2. The number of nitrogens with zero attached hydrogens (tertiary/aromatic N) is 2. The zero-order chi connectivity index (χ0) is 18.9. The largest absolute Gasteiger partial charge is 0.358 e. The molecule has 28 heavy (non-hydrogen) atoms. The van der Waals surface area contributed by atoms with Gasteiger partial charge >= 0.3 is 0 Å². The normalized spacial score (nSPS) is 20.0. The van der Waals surface area contributed by atoms with Gasteiger partial charge in [0.15, 0.2) is 0 Å². The Morgan fingerprint density at radius 2 is 1.86 bits per heavy atom. The molecule has 1 aliphatic carbocycles. The van der Waals surface area contributed by atoms with Crippen molar-refractivity contribution in [3.05, 3.63) is 65.1 Å². The summed E-state index contributed by atoms with van der Waals surface area (Å²) in [7, 11) is 0. The van der Waals surface area contributed by atoms with Crippen LogP contribution in [0.5, 0.6) is 0 Å². The highest BCUT2D eigenvalue weighted by Gasteiger charge is 2.28. The van der Waals surface area contributed by atoms with E-state index in [1.165, 1.54) is 53.4 Å². The predicted molar refractivity (Wildman–Crippen MR) is 111 cm³/mol. The lowest BCUT2D eigenvalue weighted by atomic mass is 9.95. The quantitative estimate of drug-likeness (QED) is 0.671. The van der Waals surface area contributed by atoms with Crippen LogP contribution in [0.1, 0.15) is 71.7 Å². The number of fused-ring (bicyclic) bond motifs is 3. The van der Waals surface area contributed by atoms with Crippen LogP contribution in [0.3, 0.4) is 0 Å². The number of likely N-dealkylation sites (tertiary alicyclic amines) is 1. The average Bonchev–Trinajstić information content (AvgIpc) is 2.94. The Kier molecular flexibility index (Phi) is 4.63. The van der Waals surface area contributed by atoms with Gasteiger partial charge < -0.3 is 9.88 Å². The van der Waals surface area contributed by atoms with E-state index in [1.807, 2.05) is 18.5 Å². The molecule has 0 saturated carbocycles. The summed E-state index contributed by atoms with van der Waals surface area (Å²) in [5.41, 5.74) is 5.99. The third-order valence-corrected chi connectivity index (χ3v) is 6.45. The second-order valence-electron chi connectivity index (χ2n) is 8.19. The van der Waals surface area contributed by atoms with E-state index in [2.05, 4.69) is 39.1 Å². The van der Waals surface area contributed by atoms with E-state index in [0.717, 1.165) is 37.8 Å². The lowest BCUT2D eigenvalue weighted by molar-refractivity contribution is 0.0681. The molecule has 3 heterocycles. The molecule has 1 aromatic carbocycles. The van der Waals surface area contributed by atoms with E-state index in [0.29, 0.717) is 0 Å². The monoisotopic (exact) mass is 373 g/mol. The number of carbonyl (C=O) groups is 1. The molecule has 144 valence electrons. The van der Waals surface area contributed by atoms with Crippen LogP contribution in [-0.4, -0.2) is 27.3 Å². The number of nitrogens with one attached hydrogen (secondary N) is 1. The molecule has 1 amide bonds. The Morgan fingerprint density at radius 1 is 1.00 bits per heavy atom. The Bertz CT molecular complexity index is 992. The van der Waals surface area contributed by atoms with Crippen LogP contribution in [0.25, 0.3) is 10.9 Å². The highest BCUT2D eigenvalue weighted by molar-refractivity contribution is 5.99. The maximum atomic E-state index is 13.6. The third-order valence-electron chi connectivity index (χ3n) is 6.45. The number of rotatable bonds is 2. The van der Waals surface area contributed by atoms with Gasteiger partial charge in [0, 0.05) is 41.1 Å². The van der Waals surface area contributed by atoms with Crippen LogP contribution in [0.2, 0.25) is 0 Å². The van der Waals surface area contributed by atoms with Crippen molar-refractivity contribution >= 4 is 16.8 Å². The van der Waals surface area contributed by atoms with Crippen molar-refractivity contribution in [2.45, 2.75) is 57.4 Å². The fourth-order valence-corrected chi connectivity index (χ4v) is 4.99. The predicted octanol–water partition coefficient (Wildman–Crippen LogP) is 5.20. The lowest BCUT2D eigenvalue weighted by Crippen LogP contribution is -2.34. The molecule has 2 aromatic heterocycles. The van der Waals surface area contributed by atoms with Gasteiger partial charge in [0.25, 0.3) is 5.91 Å². The van der Waals surface area contributed by atoms with Crippen LogP contribution in [0, 0.1) is 0 Å². The fraction of sp³-hybridized carbons (Fsp3) is 0.417. The SMILES string of the molecule is O=C(c1ccc2[nH]c3c(c2c1)CCCC3)N1CCCCCC1c1ccncc1. The molecule has 0 bridgehead atoms. The van der Waals surface area contributed by atoms with Crippen molar-refractivity contribution in [1.29, 1.82) is 0 Å². The van der Waals surface area contributed by atoms with Gasteiger partial charge in [-0.15, -0.1) is 0 Å². The summed E-state index contributed by atoms with van der Waals surface area (Å²) < 4.78 is 0. The minimum Gasteiger partial charge on any atom is -0.358 e. The molecule has 1 atom stereocenters. The van der Waals surface area contributed by atoms with Gasteiger partial charge in [0.2, 0.25) is 0 Å². The second-order valence-corrected chi connectivity index (χ2v) is 8.19. The molecule has 5 rings (SSSR count). The molecule has 1 N–H and O–H groups in total. The summed E-state index contributed by atoms with van der Waals surface area (Å²) in [6.45, 7) is 0.828. The number of carbonyl (C=O) groups excluding carboxylic acids is 1. The van der Waals surface area contributed by atoms with Crippen molar-refractivity contribution in [2.75, 3.05) is 6.54 Å². The topological polar surface area (TPSA) is 49.0 Å². The molecule has 1 unspecified atom stereocenters. The molecule has 1 aliphatic heterocycles. The number of aryl methyl sites for hydroxylation is 2. The second kappa shape index (κ2) is 7.42. The van der Waals surface area contributed by atoms with Crippen LogP contribution in [-0.2, 0) is 12.8 Å². The van der Waals surface area contributed by atoms with Gasteiger partial charge in [-0.25, -0.2) is 0 Å². The smallest absolute Gasteiger partial charge is 0.254 e. The maximum absolute atomic E-state index is 13.6. The molecule has 1 saturated heterocycles. The van der Waals surface area contributed by atoms with Gasteiger partial charge in [0.05, 0.1) is 6.04 Å². The first kappa shape index (κ1) is 17.5. The minimum absolute atomic E-state index is 0.147. The number of H-pyrrole nitrogens is 1. The first-order chi connectivity index (χ1) is 13.8. The summed E-state index contributed by atoms with van der Waals surface area (Å²) in [4.78, 5) is 23.4. The maximum Gasteiger partial charge on any atom is 0.254 e. The van der Waals surface area contributed by atoms with Gasteiger partial charge in [-0.2, -0.15) is 0 Å². The summed E-state index contributed by atoms with van der Waals surface area (Å²) in [5, 5.41) is 1.25. The first-order valence-corrected chi connectivity index (χ1v) is 10.7. The van der Waals surface area contributed by atoms with E-state index in [1.54, 1.807) is 0 Å². The number of hydrogen-bond acceptors (Lipinski definition) is 2. The Hall–Kier alpha value is -2.62. The number of aromatic nitrogens is 2. The van der Waals surface area contributed by atoms with Crippen LogP contribution < -0.4 is 0 Å². The number of benzene rings is 1. The zero-order valence-corrected chi connectivity index (χ0v) is 16.3. The summed E-state index contributed by atoms with van der Waals surface area (Å²) in [6, 6.07) is 10.5. The standard InChI is InChI=1S/C24H27N3O/c28-24(27-15-5-1-2-8-23(27)17-11-13-25-14-12-17)18-9-10-22-20(16-18)19-6-3-4-7-21(19)26-22/h9-14,16,23,26H,1-8,15H2. The molecule has 0 spiro atoms. The van der Waals surface area contributed by atoms with Crippen molar-refractivity contribution < 1.29 is 4.79 Å². The average molecular weight is 374 g/mol. The minimum atomic E-state index is 0.147. The lowest BCUT2D eigenvalue weighted by Gasteiger charge is -2.30. The van der Waals surface area contributed by atoms with Crippen molar-refractivity contribution in [3.63, 3.8) is 0 Å². The van der Waals surface area contributed by atoms with E-state index in [9.17, 15) is 4.79 Å². The van der Waals surface area contributed by atoms with Crippen molar-refractivity contribution in [1.82, 2.24) is 14.9 Å². The number of amides is 1. The molecule has 1 fully saturated rings. The van der Waals surface area contributed by atoms with Crippen LogP contribution in [0.15, 0.2) is 42.7 Å². The molecular weight excluding hydrogens is 346 g/mol. The number of pyridine rings is 1.